The van der Waals surface area contributed by atoms with Gasteiger partial charge < -0.3 is 18.8 Å². The van der Waals surface area contributed by atoms with E-state index in [0.29, 0.717) is 16.9 Å². The molecule has 2 heterocycles. The summed E-state index contributed by atoms with van der Waals surface area (Å²) in [6.07, 6.45) is 3.65. The molecular weight excluding hydrogens is 406 g/mol. The van der Waals surface area contributed by atoms with E-state index in [-0.39, 0.29) is 17.3 Å². The van der Waals surface area contributed by atoms with Crippen molar-refractivity contribution in [3.63, 3.8) is 0 Å². The lowest BCUT2D eigenvalue weighted by molar-refractivity contribution is -0.133. The Balaban J connectivity index is 1.72. The molecular formula is C23H20ClNO5. The Bertz CT molecular complexity index is 1220. The second-order valence-corrected chi connectivity index (χ2v) is 7.82. The van der Waals surface area contributed by atoms with E-state index in [1.807, 2.05) is 36.0 Å². The molecule has 7 heteroatoms. The van der Waals surface area contributed by atoms with Gasteiger partial charge in [-0.1, -0.05) is 0 Å². The number of aryl methyl sites for hydroxylation is 2. The Morgan fingerprint density at radius 3 is 2.70 bits per heavy atom. The summed E-state index contributed by atoms with van der Waals surface area (Å²) < 4.78 is 18.4. The number of rotatable bonds is 4. The zero-order valence-corrected chi connectivity index (χ0v) is 17.7. The fraction of sp³-hybridized carbons (Fsp3) is 0.217. The summed E-state index contributed by atoms with van der Waals surface area (Å²) >= 11 is 5.76. The fourth-order valence-corrected chi connectivity index (χ4v) is 3.56. The molecule has 4 rings (SSSR count). The molecule has 1 aromatic heterocycles. The third kappa shape index (κ3) is 3.44. The number of esters is 1. The number of halogens is 1. The molecule has 0 saturated heterocycles. The van der Waals surface area contributed by atoms with Gasteiger partial charge in [-0.3, -0.25) is 9.59 Å². The van der Waals surface area contributed by atoms with Gasteiger partial charge in [0.1, 0.15) is 22.6 Å². The van der Waals surface area contributed by atoms with Crippen molar-refractivity contribution in [3.05, 3.63) is 59.0 Å². The number of Topliss-reactive ketones (excluding diaryl/α,β-unsaturated/α-hetero) is 1. The molecule has 1 aliphatic heterocycles. The van der Waals surface area contributed by atoms with Gasteiger partial charge in [0.25, 0.3) is 0 Å². The monoisotopic (exact) mass is 425 g/mol. The predicted octanol–water partition coefficient (Wildman–Crippen LogP) is 4.64. The van der Waals surface area contributed by atoms with E-state index in [1.165, 1.54) is 13.0 Å². The normalized spacial score (nSPS) is 15.2. The summed E-state index contributed by atoms with van der Waals surface area (Å²) in [5, 5.41) is 0.166. The smallest absolute Gasteiger partial charge is 0.329 e. The Kier molecular flexibility index (Phi) is 5.03. The summed E-state index contributed by atoms with van der Waals surface area (Å²) in [5.74, 6) is 0.789. The lowest BCUT2D eigenvalue weighted by Crippen LogP contribution is -2.17. The molecule has 1 unspecified atom stereocenters. The average Bonchev–Trinajstić information content (AvgIpc) is 3.18. The van der Waals surface area contributed by atoms with Crippen LogP contribution in [0.5, 0.6) is 17.2 Å². The highest BCUT2D eigenvalue weighted by Gasteiger charge is 2.30. The van der Waals surface area contributed by atoms with Crippen LogP contribution in [0.3, 0.4) is 0 Å². The molecule has 0 radical (unpaired) electrons. The lowest BCUT2D eigenvalue weighted by atomic mass is 10.0. The number of benzene rings is 2. The van der Waals surface area contributed by atoms with Crippen LogP contribution in [-0.4, -0.2) is 28.8 Å². The molecule has 0 amide bonds. The quantitative estimate of drug-likeness (QED) is 0.263. The number of alkyl halides is 1. The van der Waals surface area contributed by atoms with Crippen LogP contribution in [0.4, 0.5) is 0 Å². The van der Waals surface area contributed by atoms with Crippen molar-refractivity contribution in [2.24, 2.45) is 7.05 Å². The Morgan fingerprint density at radius 2 is 2.00 bits per heavy atom. The molecule has 1 atom stereocenters. The van der Waals surface area contributed by atoms with E-state index >= 15 is 0 Å². The van der Waals surface area contributed by atoms with Crippen LogP contribution in [-0.2, 0) is 11.8 Å². The maximum Gasteiger partial charge on any atom is 0.329 e. The molecule has 30 heavy (non-hydrogen) atoms. The van der Waals surface area contributed by atoms with E-state index in [2.05, 4.69) is 0 Å². The minimum atomic E-state index is -0.778. The summed E-state index contributed by atoms with van der Waals surface area (Å²) in [6, 6.07) is 8.93. The highest BCUT2D eigenvalue weighted by Crippen LogP contribution is 2.38. The van der Waals surface area contributed by atoms with Crippen molar-refractivity contribution >= 4 is 40.3 Å². The number of methoxy groups -OCH3 is 1. The minimum absolute atomic E-state index is 0.206. The van der Waals surface area contributed by atoms with Crippen LogP contribution in [0, 0.1) is 6.92 Å². The Labute approximate surface area is 178 Å². The molecule has 0 N–H and O–H groups in total. The first-order valence-electron chi connectivity index (χ1n) is 9.36. The van der Waals surface area contributed by atoms with Crippen molar-refractivity contribution in [2.45, 2.75) is 19.2 Å². The highest BCUT2D eigenvalue weighted by atomic mass is 35.5. The van der Waals surface area contributed by atoms with Gasteiger partial charge in [-0.2, -0.15) is 0 Å². The molecule has 0 fully saturated rings. The summed E-state index contributed by atoms with van der Waals surface area (Å²) in [4.78, 5) is 24.8. The number of ether oxygens (including phenoxy) is 3. The van der Waals surface area contributed by atoms with E-state index in [9.17, 15) is 9.59 Å². The first-order chi connectivity index (χ1) is 14.3. The second-order valence-electron chi connectivity index (χ2n) is 7.17. The van der Waals surface area contributed by atoms with E-state index in [0.717, 1.165) is 22.2 Å². The zero-order valence-electron chi connectivity index (χ0n) is 17.0. The van der Waals surface area contributed by atoms with Crippen molar-refractivity contribution in [3.8, 4) is 17.2 Å². The van der Waals surface area contributed by atoms with Crippen molar-refractivity contribution in [2.75, 3.05) is 7.11 Å². The van der Waals surface area contributed by atoms with Gasteiger partial charge in [0.15, 0.2) is 5.76 Å². The number of hydrogen-bond donors (Lipinski definition) is 0. The van der Waals surface area contributed by atoms with Crippen LogP contribution in [0.2, 0.25) is 0 Å². The van der Waals surface area contributed by atoms with Crippen LogP contribution >= 0.6 is 11.6 Å². The number of nitrogens with zero attached hydrogens (tertiary/aromatic N) is 1. The molecule has 6 nitrogen and oxygen atoms in total. The van der Waals surface area contributed by atoms with Gasteiger partial charge in [0, 0.05) is 35.8 Å². The number of aromatic nitrogens is 1. The van der Waals surface area contributed by atoms with Gasteiger partial charge >= 0.3 is 5.97 Å². The average molecular weight is 426 g/mol. The maximum atomic E-state index is 13.0. The SMILES string of the molecule is COc1ccc2c(c1)c(/C=C1\Oc3cc(OC(=O)C(C)Cl)cc(C)c3C1=O)cn2C. The van der Waals surface area contributed by atoms with Crippen LogP contribution in [0.25, 0.3) is 17.0 Å². The standard InChI is InChI=1S/C23H20ClNO5/c1-12-7-16(29-23(27)13(2)24)10-19-21(12)22(26)20(30-19)8-14-11-25(3)18-6-5-15(28-4)9-17(14)18/h5-11,13H,1-4H3/b20-8-. The molecule has 0 spiro atoms. The van der Waals surface area contributed by atoms with Crippen LogP contribution < -0.4 is 14.2 Å². The summed E-state index contributed by atoms with van der Waals surface area (Å²) in [6.45, 7) is 3.30. The van der Waals surface area contributed by atoms with Crippen molar-refractivity contribution in [1.29, 1.82) is 0 Å². The van der Waals surface area contributed by atoms with Crippen LogP contribution in [0.15, 0.2) is 42.3 Å². The van der Waals surface area contributed by atoms with Crippen molar-refractivity contribution in [1.82, 2.24) is 4.57 Å². The number of fused-ring (bicyclic) bond motifs is 2. The molecule has 2 aromatic carbocycles. The summed E-state index contributed by atoms with van der Waals surface area (Å²) in [5.41, 5.74) is 2.96. The number of allylic oxidation sites excluding steroid dienone is 1. The third-order valence-electron chi connectivity index (χ3n) is 5.00. The summed E-state index contributed by atoms with van der Waals surface area (Å²) in [7, 11) is 3.55. The van der Waals surface area contributed by atoms with Gasteiger partial charge in [-0.15, -0.1) is 11.6 Å². The van der Waals surface area contributed by atoms with Gasteiger partial charge in [0.2, 0.25) is 5.78 Å². The number of hydrogen-bond acceptors (Lipinski definition) is 5. The van der Waals surface area contributed by atoms with E-state index < -0.39 is 11.3 Å². The fourth-order valence-electron chi connectivity index (χ4n) is 3.52. The molecule has 3 aromatic rings. The van der Waals surface area contributed by atoms with Gasteiger partial charge in [-0.05, 0) is 49.8 Å². The molecule has 0 saturated carbocycles. The predicted molar refractivity (Wildman–Crippen MR) is 115 cm³/mol. The molecule has 1 aliphatic rings. The number of carbonyl (C=O) groups excluding carboxylic acids is 2. The Morgan fingerprint density at radius 1 is 1.23 bits per heavy atom. The van der Waals surface area contributed by atoms with Crippen molar-refractivity contribution < 1.29 is 23.8 Å². The zero-order chi connectivity index (χ0) is 21.6. The lowest BCUT2D eigenvalue weighted by Gasteiger charge is -2.08. The Hall–Kier alpha value is -3.25. The van der Waals surface area contributed by atoms with E-state index in [1.54, 1.807) is 26.2 Å². The second kappa shape index (κ2) is 7.54. The van der Waals surface area contributed by atoms with Gasteiger partial charge in [-0.25, -0.2) is 0 Å². The first-order valence-corrected chi connectivity index (χ1v) is 9.80. The number of ketones is 1. The minimum Gasteiger partial charge on any atom is -0.497 e. The largest absolute Gasteiger partial charge is 0.497 e. The van der Waals surface area contributed by atoms with Crippen LogP contribution in [0.1, 0.15) is 28.4 Å². The topological polar surface area (TPSA) is 66.8 Å². The highest BCUT2D eigenvalue weighted by molar-refractivity contribution is 6.29. The third-order valence-corrected chi connectivity index (χ3v) is 5.18. The molecule has 0 bridgehead atoms. The molecule has 0 aliphatic carbocycles. The maximum absolute atomic E-state index is 13.0. The molecule has 154 valence electrons. The number of carbonyl (C=O) groups is 2. The first kappa shape index (κ1) is 20.0. The van der Waals surface area contributed by atoms with Gasteiger partial charge in [0.05, 0.1) is 12.7 Å². The van der Waals surface area contributed by atoms with E-state index in [4.69, 9.17) is 25.8 Å².